The summed E-state index contributed by atoms with van der Waals surface area (Å²) in [5, 5.41) is 2.51. The Morgan fingerprint density at radius 3 is 1.36 bits per heavy atom. The maximum atomic E-state index is 2.38. The molecule has 0 radical (unpaired) electrons. The molecule has 0 N–H and O–H groups in total. The van der Waals surface area contributed by atoms with Crippen LogP contribution in [0.2, 0.25) is 0 Å². The van der Waals surface area contributed by atoms with E-state index in [1.54, 1.807) is 0 Å². The fraction of sp³-hybridized carbons (Fsp3) is 0. The number of rotatable bonds is 8. The van der Waals surface area contributed by atoms with E-state index in [1.165, 1.54) is 66.3 Å². The predicted molar refractivity (Wildman–Crippen MR) is 237 cm³/mol. The molecule has 0 spiro atoms. The summed E-state index contributed by atoms with van der Waals surface area (Å²) in [7, 11) is 0. The van der Waals surface area contributed by atoms with Gasteiger partial charge in [0, 0.05) is 33.5 Å². The first-order valence-corrected chi connectivity index (χ1v) is 19.2. The van der Waals surface area contributed by atoms with Gasteiger partial charge in [-0.05, 0) is 105 Å². The zero-order valence-electron chi connectivity index (χ0n) is 30.8. The molecule has 10 rings (SSSR count). The zero-order valence-corrected chi connectivity index (χ0v) is 30.8. The van der Waals surface area contributed by atoms with Crippen LogP contribution in [0.1, 0.15) is 0 Å². The van der Waals surface area contributed by atoms with Gasteiger partial charge < -0.3 is 9.47 Å². The molecule has 10 aromatic rings. The minimum Gasteiger partial charge on any atom is -0.310 e. The van der Waals surface area contributed by atoms with Crippen molar-refractivity contribution in [2.75, 3.05) is 4.90 Å². The van der Waals surface area contributed by atoms with Crippen molar-refractivity contribution in [3.63, 3.8) is 0 Å². The third-order valence-corrected chi connectivity index (χ3v) is 10.8. The van der Waals surface area contributed by atoms with Gasteiger partial charge in [-0.15, -0.1) is 0 Å². The monoisotopic (exact) mass is 714 g/mol. The average molecular weight is 715 g/mol. The fourth-order valence-electron chi connectivity index (χ4n) is 8.12. The van der Waals surface area contributed by atoms with Gasteiger partial charge in [0.05, 0.1) is 11.0 Å². The van der Waals surface area contributed by atoms with Crippen LogP contribution in [0.4, 0.5) is 17.1 Å². The van der Waals surface area contributed by atoms with E-state index in [-0.39, 0.29) is 0 Å². The Kier molecular flexibility index (Phi) is 8.55. The molecule has 0 saturated carbocycles. The number of aromatic nitrogens is 1. The normalized spacial score (nSPS) is 11.2. The molecule has 9 aromatic carbocycles. The Bertz CT molecular complexity index is 2930. The number of nitrogens with zero attached hydrogens (tertiary/aromatic N) is 2. The lowest BCUT2D eigenvalue weighted by Gasteiger charge is -2.27. The number of benzene rings is 9. The van der Waals surface area contributed by atoms with Gasteiger partial charge in [0.2, 0.25) is 0 Å². The highest BCUT2D eigenvalue weighted by molar-refractivity contribution is 6.15. The smallest absolute Gasteiger partial charge is 0.0547 e. The third kappa shape index (κ3) is 6.14. The summed E-state index contributed by atoms with van der Waals surface area (Å²) in [5.74, 6) is 0. The molecule has 2 nitrogen and oxygen atoms in total. The van der Waals surface area contributed by atoms with Crippen LogP contribution < -0.4 is 4.90 Å². The Labute approximate surface area is 327 Å². The quantitative estimate of drug-likeness (QED) is 0.152. The van der Waals surface area contributed by atoms with Gasteiger partial charge in [0.1, 0.15) is 0 Å². The van der Waals surface area contributed by atoms with Crippen LogP contribution in [0.15, 0.2) is 231 Å². The maximum Gasteiger partial charge on any atom is 0.0547 e. The summed E-state index contributed by atoms with van der Waals surface area (Å²) >= 11 is 0. The van der Waals surface area contributed by atoms with Crippen LogP contribution in [0.25, 0.3) is 72.0 Å². The van der Waals surface area contributed by atoms with Crippen molar-refractivity contribution in [2.45, 2.75) is 0 Å². The van der Waals surface area contributed by atoms with Crippen molar-refractivity contribution < 1.29 is 0 Å². The van der Waals surface area contributed by atoms with Gasteiger partial charge in [-0.1, -0.05) is 170 Å². The first kappa shape index (κ1) is 33.2. The van der Waals surface area contributed by atoms with Gasteiger partial charge in [0.25, 0.3) is 0 Å². The molecular formula is C54H38N2. The van der Waals surface area contributed by atoms with E-state index in [0.29, 0.717) is 0 Å². The molecule has 0 saturated heterocycles. The van der Waals surface area contributed by atoms with Crippen molar-refractivity contribution in [1.29, 1.82) is 0 Å². The molecule has 1 aromatic heterocycles. The SMILES string of the molecule is c1ccc(-c2ccc(-c3cccc(N(c4ccc(-c5cccc6c5c5ccccc5n6-c5ccccc5)cc4)c4cccc(-c5ccccc5)c4)c3)cc2)cc1. The van der Waals surface area contributed by atoms with E-state index in [0.717, 1.165) is 22.7 Å². The minimum absolute atomic E-state index is 1.09. The minimum atomic E-state index is 1.09. The number of para-hydroxylation sites is 2. The highest BCUT2D eigenvalue weighted by Crippen LogP contribution is 2.42. The Balaban J connectivity index is 1.08. The van der Waals surface area contributed by atoms with Crippen LogP contribution in [0, 0.1) is 0 Å². The summed E-state index contributed by atoms with van der Waals surface area (Å²) < 4.78 is 2.38. The molecule has 0 aliphatic rings. The molecular weight excluding hydrogens is 677 g/mol. The number of anilines is 3. The largest absolute Gasteiger partial charge is 0.310 e. The van der Waals surface area contributed by atoms with E-state index in [2.05, 4.69) is 240 Å². The van der Waals surface area contributed by atoms with Crippen LogP contribution in [-0.2, 0) is 0 Å². The van der Waals surface area contributed by atoms with Gasteiger partial charge >= 0.3 is 0 Å². The maximum absolute atomic E-state index is 2.38. The molecule has 264 valence electrons. The van der Waals surface area contributed by atoms with Crippen molar-refractivity contribution in [3.8, 4) is 50.2 Å². The Hall–Kier alpha value is -7.42. The standard InChI is InChI=1S/C54H38N2/c1-4-15-39(16-5-1)41-29-31-42(32-30-41)45-20-13-24-49(38-45)55(48-23-12-19-44(37-48)40-17-6-2-7-18-40)47-35-33-43(34-36-47)50-26-14-28-53-54(50)51-25-10-11-27-52(51)56(53)46-21-8-3-9-22-46/h1-38H. The lowest BCUT2D eigenvalue weighted by Crippen LogP contribution is -2.10. The Morgan fingerprint density at radius 1 is 0.286 bits per heavy atom. The number of hydrogen-bond donors (Lipinski definition) is 0. The second kappa shape index (κ2) is 14.4. The van der Waals surface area contributed by atoms with E-state index in [1.807, 2.05) is 0 Å². The van der Waals surface area contributed by atoms with E-state index in [4.69, 9.17) is 0 Å². The first-order chi connectivity index (χ1) is 27.8. The van der Waals surface area contributed by atoms with Crippen molar-refractivity contribution in [3.05, 3.63) is 231 Å². The van der Waals surface area contributed by atoms with Crippen molar-refractivity contribution >= 4 is 38.9 Å². The Morgan fingerprint density at radius 2 is 0.732 bits per heavy atom. The highest BCUT2D eigenvalue weighted by atomic mass is 15.1. The van der Waals surface area contributed by atoms with Crippen LogP contribution in [-0.4, -0.2) is 4.57 Å². The van der Waals surface area contributed by atoms with Crippen LogP contribution >= 0.6 is 0 Å². The summed E-state index contributed by atoms with van der Waals surface area (Å²) in [6.07, 6.45) is 0. The number of hydrogen-bond acceptors (Lipinski definition) is 1. The van der Waals surface area contributed by atoms with Gasteiger partial charge in [-0.3, -0.25) is 0 Å². The summed E-state index contributed by atoms with van der Waals surface area (Å²) in [6, 6.07) is 83.0. The molecule has 2 heteroatoms. The second-order valence-electron chi connectivity index (χ2n) is 14.2. The summed E-state index contributed by atoms with van der Waals surface area (Å²) in [5.41, 5.74) is 16.4. The van der Waals surface area contributed by atoms with E-state index >= 15 is 0 Å². The molecule has 56 heavy (non-hydrogen) atoms. The molecule has 0 bridgehead atoms. The fourth-order valence-corrected chi connectivity index (χ4v) is 8.12. The molecule has 1 heterocycles. The zero-order chi connectivity index (χ0) is 37.3. The predicted octanol–water partition coefficient (Wildman–Crippen LogP) is 14.9. The summed E-state index contributed by atoms with van der Waals surface area (Å²) in [4.78, 5) is 2.37. The second-order valence-corrected chi connectivity index (χ2v) is 14.2. The molecule has 0 aliphatic heterocycles. The van der Waals surface area contributed by atoms with Gasteiger partial charge in [0.15, 0.2) is 0 Å². The third-order valence-electron chi connectivity index (χ3n) is 10.8. The molecule has 0 amide bonds. The lowest BCUT2D eigenvalue weighted by molar-refractivity contribution is 1.18. The number of fused-ring (bicyclic) bond motifs is 3. The molecule has 0 unspecified atom stereocenters. The topological polar surface area (TPSA) is 8.17 Å². The highest BCUT2D eigenvalue weighted by Gasteiger charge is 2.18. The molecule has 0 fully saturated rings. The van der Waals surface area contributed by atoms with Crippen molar-refractivity contribution in [1.82, 2.24) is 4.57 Å². The van der Waals surface area contributed by atoms with E-state index in [9.17, 15) is 0 Å². The van der Waals surface area contributed by atoms with Crippen molar-refractivity contribution in [2.24, 2.45) is 0 Å². The van der Waals surface area contributed by atoms with Crippen LogP contribution in [0.5, 0.6) is 0 Å². The molecule has 0 atom stereocenters. The van der Waals surface area contributed by atoms with Crippen LogP contribution in [0.3, 0.4) is 0 Å². The van der Waals surface area contributed by atoms with Gasteiger partial charge in [-0.25, -0.2) is 0 Å². The summed E-state index contributed by atoms with van der Waals surface area (Å²) in [6.45, 7) is 0. The first-order valence-electron chi connectivity index (χ1n) is 19.2. The van der Waals surface area contributed by atoms with Gasteiger partial charge in [-0.2, -0.15) is 0 Å². The average Bonchev–Trinajstić information content (AvgIpc) is 3.63. The molecule has 0 aliphatic carbocycles. The van der Waals surface area contributed by atoms with E-state index < -0.39 is 0 Å². The lowest BCUT2D eigenvalue weighted by atomic mass is 9.98.